The standard InChI is InChI=1S/C18H14BrNO/c19-17-13-20-12-11-16(17)18(21,14-7-3-1-4-8-14)15-9-5-2-6-10-15/h1-13,21H. The summed E-state index contributed by atoms with van der Waals surface area (Å²) >= 11 is 3.50. The van der Waals surface area contributed by atoms with E-state index in [2.05, 4.69) is 20.9 Å². The van der Waals surface area contributed by atoms with Crippen LogP contribution in [0.15, 0.2) is 83.6 Å². The van der Waals surface area contributed by atoms with Crippen LogP contribution >= 0.6 is 15.9 Å². The fourth-order valence-electron chi connectivity index (χ4n) is 2.50. The van der Waals surface area contributed by atoms with Crippen LogP contribution < -0.4 is 0 Å². The van der Waals surface area contributed by atoms with Gasteiger partial charge in [-0.1, -0.05) is 60.7 Å². The highest BCUT2D eigenvalue weighted by Crippen LogP contribution is 2.39. The summed E-state index contributed by atoms with van der Waals surface area (Å²) in [6.07, 6.45) is 3.39. The third-order valence-corrected chi connectivity index (χ3v) is 4.18. The number of aliphatic hydroxyl groups is 1. The summed E-state index contributed by atoms with van der Waals surface area (Å²) in [5.41, 5.74) is 1.20. The van der Waals surface area contributed by atoms with E-state index in [1.54, 1.807) is 12.4 Å². The first-order valence-electron chi connectivity index (χ1n) is 6.66. The lowest BCUT2D eigenvalue weighted by atomic mass is 9.81. The molecule has 104 valence electrons. The van der Waals surface area contributed by atoms with Crippen molar-refractivity contribution in [3.05, 3.63) is 100 Å². The lowest BCUT2D eigenvalue weighted by Crippen LogP contribution is -2.29. The molecule has 0 spiro atoms. The van der Waals surface area contributed by atoms with Gasteiger partial charge in [0.1, 0.15) is 5.60 Å². The van der Waals surface area contributed by atoms with E-state index < -0.39 is 5.60 Å². The summed E-state index contributed by atoms with van der Waals surface area (Å²) in [4.78, 5) is 4.09. The second kappa shape index (κ2) is 5.80. The van der Waals surface area contributed by atoms with Crippen LogP contribution in [0.2, 0.25) is 0 Å². The van der Waals surface area contributed by atoms with Gasteiger partial charge in [-0.15, -0.1) is 0 Å². The Morgan fingerprint density at radius 3 is 1.81 bits per heavy atom. The average Bonchev–Trinajstić information content (AvgIpc) is 2.56. The zero-order chi connectivity index (χ0) is 14.7. The number of halogens is 1. The number of hydrogen-bond donors (Lipinski definition) is 1. The van der Waals surface area contributed by atoms with Gasteiger partial charge in [0.05, 0.1) is 0 Å². The van der Waals surface area contributed by atoms with Crippen molar-refractivity contribution in [3.8, 4) is 0 Å². The molecule has 0 unspecified atom stereocenters. The second-order valence-corrected chi connectivity index (χ2v) is 5.65. The lowest BCUT2D eigenvalue weighted by Gasteiger charge is -2.30. The highest BCUT2D eigenvalue weighted by molar-refractivity contribution is 9.10. The minimum atomic E-state index is -1.22. The number of rotatable bonds is 3. The molecule has 0 aliphatic rings. The van der Waals surface area contributed by atoms with Gasteiger partial charge < -0.3 is 5.11 Å². The SMILES string of the molecule is OC(c1ccccc1)(c1ccccc1)c1ccncc1Br. The van der Waals surface area contributed by atoms with Crippen molar-refractivity contribution in [3.63, 3.8) is 0 Å². The van der Waals surface area contributed by atoms with Crippen LogP contribution in [0.3, 0.4) is 0 Å². The summed E-state index contributed by atoms with van der Waals surface area (Å²) in [5.74, 6) is 0. The summed E-state index contributed by atoms with van der Waals surface area (Å²) in [7, 11) is 0. The van der Waals surface area contributed by atoms with E-state index in [1.807, 2.05) is 66.7 Å². The van der Waals surface area contributed by atoms with Crippen molar-refractivity contribution in [2.45, 2.75) is 5.60 Å². The van der Waals surface area contributed by atoms with Crippen molar-refractivity contribution in [1.29, 1.82) is 0 Å². The number of hydrogen-bond acceptors (Lipinski definition) is 2. The van der Waals surface area contributed by atoms with E-state index in [4.69, 9.17) is 0 Å². The van der Waals surface area contributed by atoms with Gasteiger partial charge in [0, 0.05) is 22.4 Å². The molecule has 0 radical (unpaired) electrons. The molecular formula is C18H14BrNO. The van der Waals surface area contributed by atoms with E-state index in [1.165, 1.54) is 0 Å². The van der Waals surface area contributed by atoms with Gasteiger partial charge in [-0.25, -0.2) is 0 Å². The summed E-state index contributed by atoms with van der Waals surface area (Å²) in [6, 6.07) is 21.2. The first kappa shape index (κ1) is 14.0. The highest BCUT2D eigenvalue weighted by Gasteiger charge is 2.35. The Morgan fingerprint density at radius 2 is 1.33 bits per heavy atom. The summed E-state index contributed by atoms with van der Waals surface area (Å²) in [5, 5.41) is 11.5. The molecule has 3 rings (SSSR count). The molecule has 0 bridgehead atoms. The number of benzene rings is 2. The Morgan fingerprint density at radius 1 is 0.810 bits per heavy atom. The minimum Gasteiger partial charge on any atom is -0.376 e. The number of pyridine rings is 1. The Kier molecular flexibility index (Phi) is 3.86. The molecule has 2 nitrogen and oxygen atoms in total. The Labute approximate surface area is 132 Å². The number of nitrogens with zero attached hydrogens (tertiary/aromatic N) is 1. The molecule has 2 aromatic carbocycles. The number of aromatic nitrogens is 1. The first-order chi connectivity index (χ1) is 10.2. The molecule has 3 heteroatoms. The van der Waals surface area contributed by atoms with Crippen LogP contribution in [0, 0.1) is 0 Å². The predicted molar refractivity (Wildman–Crippen MR) is 86.9 cm³/mol. The topological polar surface area (TPSA) is 33.1 Å². The van der Waals surface area contributed by atoms with Crippen molar-refractivity contribution in [1.82, 2.24) is 4.98 Å². The van der Waals surface area contributed by atoms with E-state index in [-0.39, 0.29) is 0 Å². The zero-order valence-corrected chi connectivity index (χ0v) is 12.9. The third kappa shape index (κ3) is 2.50. The molecule has 0 aliphatic carbocycles. The Hall–Kier alpha value is -1.97. The first-order valence-corrected chi connectivity index (χ1v) is 7.45. The molecule has 1 aromatic heterocycles. The largest absolute Gasteiger partial charge is 0.376 e. The lowest BCUT2D eigenvalue weighted by molar-refractivity contribution is 0.125. The maximum absolute atomic E-state index is 11.5. The zero-order valence-electron chi connectivity index (χ0n) is 11.3. The molecule has 0 amide bonds. The van der Waals surface area contributed by atoms with Crippen LogP contribution in [-0.2, 0) is 5.60 Å². The van der Waals surface area contributed by atoms with Gasteiger partial charge in [0.15, 0.2) is 0 Å². The van der Waals surface area contributed by atoms with E-state index >= 15 is 0 Å². The van der Waals surface area contributed by atoms with E-state index in [0.717, 1.165) is 21.2 Å². The molecule has 0 saturated heterocycles. The molecule has 1 N–H and O–H groups in total. The van der Waals surface area contributed by atoms with Crippen molar-refractivity contribution < 1.29 is 5.11 Å². The molecule has 0 atom stereocenters. The van der Waals surface area contributed by atoms with Crippen molar-refractivity contribution in [2.75, 3.05) is 0 Å². The maximum Gasteiger partial charge on any atom is 0.141 e. The maximum atomic E-state index is 11.5. The Bertz CT molecular complexity index is 689. The molecule has 0 aliphatic heterocycles. The molecule has 0 fully saturated rings. The van der Waals surface area contributed by atoms with Gasteiger partial charge in [0.2, 0.25) is 0 Å². The van der Waals surface area contributed by atoms with Gasteiger partial charge in [-0.3, -0.25) is 4.98 Å². The fourth-order valence-corrected chi connectivity index (χ4v) is 3.04. The summed E-state index contributed by atoms with van der Waals surface area (Å²) < 4.78 is 0.778. The van der Waals surface area contributed by atoms with Crippen LogP contribution in [0.4, 0.5) is 0 Å². The molecule has 3 aromatic rings. The average molecular weight is 340 g/mol. The quantitative estimate of drug-likeness (QED) is 0.778. The van der Waals surface area contributed by atoms with E-state index in [0.29, 0.717) is 0 Å². The highest BCUT2D eigenvalue weighted by atomic mass is 79.9. The van der Waals surface area contributed by atoms with E-state index in [9.17, 15) is 5.11 Å². The van der Waals surface area contributed by atoms with Crippen LogP contribution in [0.1, 0.15) is 16.7 Å². The summed E-state index contributed by atoms with van der Waals surface area (Å²) in [6.45, 7) is 0. The van der Waals surface area contributed by atoms with Crippen LogP contribution in [-0.4, -0.2) is 10.1 Å². The Balaban J connectivity index is 2.29. The molecule has 21 heavy (non-hydrogen) atoms. The molecule has 0 saturated carbocycles. The smallest absolute Gasteiger partial charge is 0.141 e. The minimum absolute atomic E-state index is 0.773. The van der Waals surface area contributed by atoms with Crippen LogP contribution in [0.5, 0.6) is 0 Å². The predicted octanol–water partition coefficient (Wildman–Crippen LogP) is 4.13. The second-order valence-electron chi connectivity index (χ2n) is 4.80. The van der Waals surface area contributed by atoms with Crippen molar-refractivity contribution in [2.24, 2.45) is 0 Å². The normalized spacial score (nSPS) is 11.3. The van der Waals surface area contributed by atoms with Gasteiger partial charge in [-0.05, 0) is 33.1 Å². The molecular weight excluding hydrogens is 326 g/mol. The van der Waals surface area contributed by atoms with Crippen molar-refractivity contribution >= 4 is 15.9 Å². The molecule has 1 heterocycles. The van der Waals surface area contributed by atoms with Gasteiger partial charge >= 0.3 is 0 Å². The van der Waals surface area contributed by atoms with Gasteiger partial charge in [0.25, 0.3) is 0 Å². The van der Waals surface area contributed by atoms with Crippen LogP contribution in [0.25, 0.3) is 0 Å². The monoisotopic (exact) mass is 339 g/mol. The third-order valence-electron chi connectivity index (χ3n) is 3.55. The van der Waals surface area contributed by atoms with Gasteiger partial charge in [-0.2, -0.15) is 0 Å². The fraction of sp³-hybridized carbons (Fsp3) is 0.0556.